The number of methoxy groups -OCH3 is 1. The van der Waals surface area contributed by atoms with E-state index >= 15 is 0 Å². The van der Waals surface area contributed by atoms with E-state index in [4.69, 9.17) is 9.47 Å². The van der Waals surface area contributed by atoms with E-state index in [1.165, 1.54) is 25.3 Å². The lowest BCUT2D eigenvalue weighted by molar-refractivity contribution is -0.385. The van der Waals surface area contributed by atoms with Gasteiger partial charge in [-0.25, -0.2) is 13.2 Å². The summed E-state index contributed by atoms with van der Waals surface area (Å²) in [5, 5.41) is 14.5. The van der Waals surface area contributed by atoms with Crippen LogP contribution in [0.4, 0.5) is 5.69 Å². The van der Waals surface area contributed by atoms with E-state index in [0.717, 1.165) is 0 Å². The van der Waals surface area contributed by atoms with Crippen LogP contribution in [0.2, 0.25) is 0 Å². The quantitative estimate of drug-likeness (QED) is 0.463. The molecule has 1 atom stereocenters. The number of nitrogens with zero attached hydrogens (tertiary/aromatic N) is 1. The van der Waals surface area contributed by atoms with Gasteiger partial charge in [0.15, 0.2) is 9.84 Å². The molecule has 3 rings (SSSR count). The Morgan fingerprint density at radius 2 is 2.07 bits per heavy atom. The van der Waals surface area contributed by atoms with E-state index in [9.17, 15) is 23.3 Å². The van der Waals surface area contributed by atoms with Gasteiger partial charge in [-0.1, -0.05) is 18.2 Å². The molecule has 1 N–H and O–H groups in total. The monoisotopic (exact) mass is 394 g/mol. The van der Waals surface area contributed by atoms with Crippen LogP contribution in [-0.4, -0.2) is 45.4 Å². The summed E-state index contributed by atoms with van der Waals surface area (Å²) in [6.45, 7) is 1.58. The van der Waals surface area contributed by atoms with E-state index in [1.54, 1.807) is 13.0 Å². The number of sulfone groups is 1. The van der Waals surface area contributed by atoms with Crippen LogP contribution in [0.1, 0.15) is 18.4 Å². The van der Waals surface area contributed by atoms with Gasteiger partial charge in [0.2, 0.25) is 0 Å². The third-order valence-corrected chi connectivity index (χ3v) is 6.37. The second-order valence-corrected chi connectivity index (χ2v) is 8.20. The Balaban J connectivity index is 2.35. The molecule has 0 spiro atoms. The zero-order valence-corrected chi connectivity index (χ0v) is 15.5. The first-order valence-electron chi connectivity index (χ1n) is 8.11. The van der Waals surface area contributed by atoms with Crippen LogP contribution in [0.5, 0.6) is 0 Å². The van der Waals surface area contributed by atoms with Crippen molar-refractivity contribution in [3.05, 3.63) is 61.8 Å². The lowest BCUT2D eigenvalue weighted by Crippen LogP contribution is -2.33. The molecule has 0 aromatic heterocycles. The summed E-state index contributed by atoms with van der Waals surface area (Å²) in [5.74, 6) is -2.19. The molecule has 2 heterocycles. The molecule has 27 heavy (non-hydrogen) atoms. The molecule has 1 aromatic rings. The molecule has 10 heteroatoms. The van der Waals surface area contributed by atoms with Crippen molar-refractivity contribution in [3.63, 3.8) is 0 Å². The Morgan fingerprint density at radius 3 is 2.74 bits per heavy atom. The van der Waals surface area contributed by atoms with Crippen LogP contribution in [0.25, 0.3) is 0 Å². The number of nitro groups is 1. The Labute approximate surface area is 155 Å². The summed E-state index contributed by atoms with van der Waals surface area (Å²) < 4.78 is 36.1. The van der Waals surface area contributed by atoms with Gasteiger partial charge in [-0.3, -0.25) is 10.1 Å². The number of para-hydroxylation sites is 1. The minimum absolute atomic E-state index is 0.00249. The molecule has 0 saturated carbocycles. The highest BCUT2D eigenvalue weighted by atomic mass is 32.2. The first kappa shape index (κ1) is 19.1. The highest BCUT2D eigenvalue weighted by Gasteiger charge is 2.43. The number of hydrogen-bond acceptors (Lipinski definition) is 8. The minimum Gasteiger partial charge on any atom is -0.466 e. The largest absolute Gasteiger partial charge is 0.466 e. The zero-order chi connectivity index (χ0) is 19.8. The molecule has 144 valence electrons. The third-order valence-electron chi connectivity index (χ3n) is 4.52. The fourth-order valence-electron chi connectivity index (χ4n) is 3.38. The molecule has 1 aromatic carbocycles. The number of carbonyl (C=O) groups excluding carboxylic acids is 1. The summed E-state index contributed by atoms with van der Waals surface area (Å²) in [5.41, 5.74) is 0.508. The maximum atomic E-state index is 12.9. The van der Waals surface area contributed by atoms with Crippen molar-refractivity contribution in [2.45, 2.75) is 12.8 Å². The number of ether oxygens (including phenoxy) is 2. The second-order valence-electron chi connectivity index (χ2n) is 6.12. The summed E-state index contributed by atoms with van der Waals surface area (Å²) in [7, 11) is -2.66. The molecule has 2 aliphatic heterocycles. The molecule has 0 amide bonds. The normalized spacial score (nSPS) is 21.8. The predicted octanol–water partition coefficient (Wildman–Crippen LogP) is 1.39. The lowest BCUT2D eigenvalue weighted by Gasteiger charge is -2.30. The molecule has 0 bridgehead atoms. The third kappa shape index (κ3) is 3.33. The SMILES string of the molecule is COC(=O)C1=C(C)NC2=C(C1c1ccccc1[N+](=O)[O-])S(=O)(=O)CCOC2. The van der Waals surface area contributed by atoms with Crippen molar-refractivity contribution in [1.29, 1.82) is 0 Å². The van der Waals surface area contributed by atoms with E-state index in [-0.39, 0.29) is 46.4 Å². The van der Waals surface area contributed by atoms with Gasteiger partial charge in [0.05, 0.1) is 53.1 Å². The van der Waals surface area contributed by atoms with Crippen LogP contribution in [0.3, 0.4) is 0 Å². The smallest absolute Gasteiger partial charge is 0.336 e. The number of nitro benzene ring substituents is 1. The molecule has 9 nitrogen and oxygen atoms in total. The maximum Gasteiger partial charge on any atom is 0.336 e. The van der Waals surface area contributed by atoms with Crippen molar-refractivity contribution in [2.24, 2.45) is 0 Å². The van der Waals surface area contributed by atoms with Crippen LogP contribution in [-0.2, 0) is 24.1 Å². The average molecular weight is 394 g/mol. The van der Waals surface area contributed by atoms with Gasteiger partial charge in [-0.2, -0.15) is 0 Å². The van der Waals surface area contributed by atoms with Crippen molar-refractivity contribution in [3.8, 4) is 0 Å². The Hall–Kier alpha value is -2.72. The first-order valence-corrected chi connectivity index (χ1v) is 9.76. The van der Waals surface area contributed by atoms with Gasteiger partial charge < -0.3 is 14.8 Å². The second kappa shape index (κ2) is 7.12. The Morgan fingerprint density at radius 1 is 1.37 bits per heavy atom. The van der Waals surface area contributed by atoms with Gasteiger partial charge >= 0.3 is 5.97 Å². The van der Waals surface area contributed by atoms with E-state index in [1.807, 2.05) is 0 Å². The molecule has 0 fully saturated rings. The lowest BCUT2D eigenvalue weighted by atomic mass is 9.85. The fourth-order valence-corrected chi connectivity index (χ4v) is 5.03. The molecular weight excluding hydrogens is 376 g/mol. The fraction of sp³-hybridized carbons (Fsp3) is 0.353. The number of esters is 1. The Bertz CT molecular complexity index is 979. The topological polar surface area (TPSA) is 125 Å². The van der Waals surface area contributed by atoms with E-state index in [2.05, 4.69) is 5.32 Å². The van der Waals surface area contributed by atoms with Crippen LogP contribution >= 0.6 is 0 Å². The molecule has 0 aliphatic carbocycles. The number of hydrogen-bond donors (Lipinski definition) is 1. The molecule has 1 unspecified atom stereocenters. The van der Waals surface area contributed by atoms with E-state index in [0.29, 0.717) is 5.70 Å². The summed E-state index contributed by atoms with van der Waals surface area (Å²) in [4.78, 5) is 23.3. The van der Waals surface area contributed by atoms with Crippen molar-refractivity contribution < 1.29 is 27.6 Å². The number of allylic oxidation sites excluding steroid dienone is 2. The van der Waals surface area contributed by atoms with Gasteiger partial charge in [-0.15, -0.1) is 0 Å². The van der Waals surface area contributed by atoms with Crippen LogP contribution < -0.4 is 5.32 Å². The predicted molar refractivity (Wildman–Crippen MR) is 95.3 cm³/mol. The molecule has 2 aliphatic rings. The van der Waals surface area contributed by atoms with Gasteiger partial charge in [0.1, 0.15) is 0 Å². The number of nitrogens with one attached hydrogen (secondary N) is 1. The van der Waals surface area contributed by atoms with Gasteiger partial charge in [-0.05, 0) is 6.92 Å². The first-order chi connectivity index (χ1) is 12.8. The van der Waals surface area contributed by atoms with Gasteiger partial charge in [0, 0.05) is 17.3 Å². The highest BCUT2D eigenvalue weighted by molar-refractivity contribution is 7.95. The van der Waals surface area contributed by atoms with Crippen molar-refractivity contribution >= 4 is 21.5 Å². The highest BCUT2D eigenvalue weighted by Crippen LogP contribution is 2.44. The zero-order valence-electron chi connectivity index (χ0n) is 14.7. The number of rotatable bonds is 3. The standard InChI is InChI=1S/C17H18N2O7S/c1-10-14(17(20)25-2)15(11-5-3-4-6-13(11)19(21)22)16-12(18-10)9-26-7-8-27(16,23)24/h3-6,15,18H,7-9H2,1-2H3. The minimum atomic E-state index is -3.83. The number of dihydropyridines is 1. The van der Waals surface area contributed by atoms with Crippen LogP contribution in [0.15, 0.2) is 46.1 Å². The van der Waals surface area contributed by atoms with Crippen molar-refractivity contribution in [1.82, 2.24) is 5.32 Å². The number of benzene rings is 1. The molecule has 0 saturated heterocycles. The molecule has 0 radical (unpaired) electrons. The van der Waals surface area contributed by atoms with E-state index < -0.39 is 26.6 Å². The summed E-state index contributed by atoms with van der Waals surface area (Å²) in [6, 6.07) is 5.78. The molecular formula is C17H18N2O7S. The van der Waals surface area contributed by atoms with Crippen LogP contribution in [0, 0.1) is 10.1 Å². The maximum absolute atomic E-state index is 12.9. The number of carbonyl (C=O) groups is 1. The van der Waals surface area contributed by atoms with Crippen molar-refractivity contribution in [2.75, 3.05) is 26.1 Å². The average Bonchev–Trinajstić information content (AvgIpc) is 2.78. The van der Waals surface area contributed by atoms with Gasteiger partial charge in [0.25, 0.3) is 5.69 Å². The summed E-state index contributed by atoms with van der Waals surface area (Å²) in [6.07, 6.45) is 0. The summed E-state index contributed by atoms with van der Waals surface area (Å²) >= 11 is 0. The Kier molecular flexibility index (Phi) is 5.03.